The Bertz CT molecular complexity index is 727. The van der Waals surface area contributed by atoms with Gasteiger partial charge in [-0.2, -0.15) is 0 Å². The van der Waals surface area contributed by atoms with Crippen LogP contribution in [0.25, 0.3) is 17.1 Å². The van der Waals surface area contributed by atoms with E-state index in [0.29, 0.717) is 6.04 Å². The quantitative estimate of drug-likeness (QED) is 0.742. The Morgan fingerprint density at radius 2 is 2.23 bits per heavy atom. The molecule has 116 valence electrons. The summed E-state index contributed by atoms with van der Waals surface area (Å²) in [5.41, 5.74) is 2.67. The Hall–Kier alpha value is -2.14. The highest BCUT2D eigenvalue weighted by Gasteiger charge is 2.41. The molecule has 0 atom stereocenters. The number of aliphatic carboxylic acids is 1. The van der Waals surface area contributed by atoms with Gasteiger partial charge in [0.25, 0.3) is 0 Å². The fourth-order valence-corrected chi connectivity index (χ4v) is 3.06. The van der Waals surface area contributed by atoms with Crippen molar-refractivity contribution in [1.29, 1.82) is 0 Å². The summed E-state index contributed by atoms with van der Waals surface area (Å²) in [6.45, 7) is 4.30. The number of carboxylic acid groups (broad SMARTS) is 1. The molecule has 1 aromatic carbocycles. The first-order chi connectivity index (χ1) is 10.5. The molecule has 0 spiro atoms. The molecule has 1 saturated carbocycles. The highest BCUT2D eigenvalue weighted by Crippen LogP contribution is 2.40. The predicted molar refractivity (Wildman–Crippen MR) is 86.6 cm³/mol. The summed E-state index contributed by atoms with van der Waals surface area (Å²) in [5, 5.41) is 12.3. The van der Waals surface area contributed by atoms with Crippen LogP contribution in [-0.2, 0) is 10.3 Å². The molecule has 0 unspecified atom stereocenters. The van der Waals surface area contributed by atoms with Gasteiger partial charge in [-0.25, -0.2) is 9.78 Å². The predicted octanol–water partition coefficient (Wildman–Crippen LogP) is 3.04. The number of hydrogen-bond donors (Lipinski definition) is 3. The van der Waals surface area contributed by atoms with Crippen LogP contribution in [0.2, 0.25) is 0 Å². The maximum atomic E-state index is 10.6. The zero-order valence-corrected chi connectivity index (χ0v) is 12.9. The lowest BCUT2D eigenvalue weighted by molar-refractivity contribution is -0.131. The molecule has 3 N–H and O–H groups in total. The number of benzene rings is 1. The van der Waals surface area contributed by atoms with E-state index in [0.717, 1.165) is 41.3 Å². The van der Waals surface area contributed by atoms with Crippen LogP contribution in [0.4, 0.5) is 0 Å². The molecule has 3 rings (SSSR count). The van der Waals surface area contributed by atoms with Gasteiger partial charge in [-0.15, -0.1) is 0 Å². The minimum absolute atomic E-state index is 0.0374. The number of H-pyrrole nitrogens is 1. The first-order valence-electron chi connectivity index (χ1n) is 7.67. The van der Waals surface area contributed by atoms with Gasteiger partial charge in [-0.1, -0.05) is 6.07 Å². The van der Waals surface area contributed by atoms with Gasteiger partial charge in [0.15, 0.2) is 0 Å². The minimum Gasteiger partial charge on any atom is -0.478 e. The third-order valence-electron chi connectivity index (χ3n) is 4.15. The molecule has 5 nitrogen and oxygen atoms in total. The van der Waals surface area contributed by atoms with E-state index in [9.17, 15) is 4.79 Å². The molecule has 5 heteroatoms. The van der Waals surface area contributed by atoms with Gasteiger partial charge in [0.05, 0.1) is 16.6 Å². The number of rotatable bonds is 5. The van der Waals surface area contributed by atoms with Crippen LogP contribution in [0.15, 0.2) is 24.3 Å². The number of imidazole rings is 1. The van der Waals surface area contributed by atoms with Crippen LogP contribution in [0.5, 0.6) is 0 Å². The normalized spacial score (nSPS) is 17.2. The fourth-order valence-electron chi connectivity index (χ4n) is 3.06. The van der Waals surface area contributed by atoms with E-state index in [-0.39, 0.29) is 5.54 Å². The number of nitrogens with zero attached hydrogens (tertiary/aromatic N) is 1. The lowest BCUT2D eigenvalue weighted by atomic mass is 9.75. The molecular weight excluding hydrogens is 278 g/mol. The molecule has 1 fully saturated rings. The van der Waals surface area contributed by atoms with Crippen molar-refractivity contribution < 1.29 is 9.90 Å². The molecule has 2 aromatic rings. The van der Waals surface area contributed by atoms with E-state index in [2.05, 4.69) is 24.1 Å². The summed E-state index contributed by atoms with van der Waals surface area (Å²) in [4.78, 5) is 18.8. The molecule has 0 amide bonds. The van der Waals surface area contributed by atoms with Crippen molar-refractivity contribution in [2.45, 2.75) is 44.7 Å². The van der Waals surface area contributed by atoms with Crippen molar-refractivity contribution in [2.24, 2.45) is 0 Å². The van der Waals surface area contributed by atoms with Gasteiger partial charge in [-0.05, 0) is 56.9 Å². The standard InChI is InChI=1S/C17H21N3O2/c1-11(2)20-17(8-3-9-17)16-18-13-6-4-12(5-7-15(21)22)10-14(13)19-16/h4-7,10-11,20H,3,8-9H2,1-2H3,(H,18,19)(H,21,22). The number of fused-ring (bicyclic) bond motifs is 1. The molecule has 22 heavy (non-hydrogen) atoms. The van der Waals surface area contributed by atoms with E-state index >= 15 is 0 Å². The van der Waals surface area contributed by atoms with Crippen molar-refractivity contribution >= 4 is 23.1 Å². The lowest BCUT2D eigenvalue weighted by Gasteiger charge is -2.42. The second kappa shape index (κ2) is 5.57. The molecule has 0 aliphatic heterocycles. The Morgan fingerprint density at radius 3 is 2.82 bits per heavy atom. The van der Waals surface area contributed by atoms with E-state index in [4.69, 9.17) is 10.1 Å². The van der Waals surface area contributed by atoms with E-state index in [1.807, 2.05) is 18.2 Å². The number of hydrogen-bond acceptors (Lipinski definition) is 3. The highest BCUT2D eigenvalue weighted by atomic mass is 16.4. The van der Waals surface area contributed by atoms with Crippen LogP contribution < -0.4 is 5.32 Å². The summed E-state index contributed by atoms with van der Waals surface area (Å²) in [7, 11) is 0. The van der Waals surface area contributed by atoms with Crippen molar-refractivity contribution in [3.8, 4) is 0 Å². The Kier molecular flexibility index (Phi) is 3.74. The second-order valence-electron chi connectivity index (χ2n) is 6.27. The smallest absolute Gasteiger partial charge is 0.328 e. The second-order valence-corrected chi connectivity index (χ2v) is 6.27. The Labute approximate surface area is 129 Å². The molecule has 1 aliphatic rings. The van der Waals surface area contributed by atoms with Crippen molar-refractivity contribution in [2.75, 3.05) is 0 Å². The minimum atomic E-state index is -0.944. The van der Waals surface area contributed by atoms with Crippen LogP contribution in [0.3, 0.4) is 0 Å². The first kappa shape index (κ1) is 14.8. The summed E-state index contributed by atoms with van der Waals surface area (Å²) >= 11 is 0. The average Bonchev–Trinajstić information content (AvgIpc) is 2.83. The van der Waals surface area contributed by atoms with Crippen LogP contribution in [-0.4, -0.2) is 27.1 Å². The summed E-state index contributed by atoms with van der Waals surface area (Å²) in [6.07, 6.45) is 6.14. The van der Waals surface area contributed by atoms with Crippen molar-refractivity contribution in [3.63, 3.8) is 0 Å². The fraction of sp³-hybridized carbons (Fsp3) is 0.412. The Morgan fingerprint density at radius 1 is 1.45 bits per heavy atom. The SMILES string of the molecule is CC(C)NC1(c2nc3ccc(C=CC(=O)O)cc3[nH]2)CCC1. The third-order valence-corrected chi connectivity index (χ3v) is 4.15. The third kappa shape index (κ3) is 2.76. The number of aromatic amines is 1. The van der Waals surface area contributed by atoms with Gasteiger partial charge < -0.3 is 15.4 Å². The van der Waals surface area contributed by atoms with Gasteiger partial charge in [0, 0.05) is 12.1 Å². The van der Waals surface area contributed by atoms with Gasteiger partial charge in [-0.3, -0.25) is 0 Å². The van der Waals surface area contributed by atoms with Gasteiger partial charge in [0.1, 0.15) is 5.82 Å². The number of carboxylic acids is 1. The zero-order chi connectivity index (χ0) is 15.7. The molecule has 1 heterocycles. The molecular formula is C17H21N3O2. The molecule has 1 aromatic heterocycles. The Balaban J connectivity index is 1.94. The first-order valence-corrected chi connectivity index (χ1v) is 7.67. The van der Waals surface area contributed by atoms with Crippen LogP contribution in [0, 0.1) is 0 Å². The van der Waals surface area contributed by atoms with E-state index in [1.165, 1.54) is 6.42 Å². The summed E-state index contributed by atoms with van der Waals surface area (Å²) in [6, 6.07) is 6.16. The maximum absolute atomic E-state index is 10.6. The number of nitrogens with one attached hydrogen (secondary N) is 2. The zero-order valence-electron chi connectivity index (χ0n) is 12.9. The maximum Gasteiger partial charge on any atom is 0.328 e. The molecule has 1 aliphatic carbocycles. The van der Waals surface area contributed by atoms with Gasteiger partial charge in [0.2, 0.25) is 0 Å². The molecule has 0 bridgehead atoms. The van der Waals surface area contributed by atoms with E-state index < -0.39 is 5.97 Å². The highest BCUT2D eigenvalue weighted by molar-refractivity contribution is 5.86. The van der Waals surface area contributed by atoms with Crippen LogP contribution >= 0.6 is 0 Å². The molecule has 0 saturated heterocycles. The summed E-state index contributed by atoms with van der Waals surface area (Å²) in [5.74, 6) is 0.0433. The topological polar surface area (TPSA) is 78.0 Å². The van der Waals surface area contributed by atoms with Gasteiger partial charge >= 0.3 is 5.97 Å². The van der Waals surface area contributed by atoms with Crippen molar-refractivity contribution in [3.05, 3.63) is 35.7 Å². The average molecular weight is 299 g/mol. The number of aromatic nitrogens is 2. The largest absolute Gasteiger partial charge is 0.478 e. The summed E-state index contributed by atoms with van der Waals surface area (Å²) < 4.78 is 0. The van der Waals surface area contributed by atoms with E-state index in [1.54, 1.807) is 6.08 Å². The lowest BCUT2D eigenvalue weighted by Crippen LogP contribution is -2.51. The van der Waals surface area contributed by atoms with Crippen molar-refractivity contribution in [1.82, 2.24) is 15.3 Å². The number of carbonyl (C=O) groups is 1. The monoisotopic (exact) mass is 299 g/mol. The van der Waals surface area contributed by atoms with Crippen LogP contribution in [0.1, 0.15) is 44.5 Å². The molecule has 0 radical (unpaired) electrons.